The second-order valence-electron chi connectivity index (χ2n) is 6.78. The highest BCUT2D eigenvalue weighted by Crippen LogP contribution is 2.32. The molecule has 1 heterocycles. The SMILES string of the molecule is CC(NC(=O)COC(=O)CCC(=O)c1ccc(Cl)cc1)c1ccc2c(c1)OCCO2. The van der Waals surface area contributed by atoms with Crippen LogP contribution in [0.15, 0.2) is 42.5 Å². The van der Waals surface area contributed by atoms with Crippen molar-refractivity contribution >= 4 is 29.3 Å². The molecule has 0 fully saturated rings. The molecule has 1 aliphatic heterocycles. The molecule has 2 aromatic carbocycles. The van der Waals surface area contributed by atoms with Crippen LogP contribution in [0.1, 0.15) is 41.7 Å². The quantitative estimate of drug-likeness (QED) is 0.508. The molecule has 3 rings (SSSR count). The molecule has 0 saturated heterocycles. The van der Waals surface area contributed by atoms with Crippen molar-refractivity contribution < 1.29 is 28.6 Å². The van der Waals surface area contributed by atoms with Gasteiger partial charge in [0.1, 0.15) is 13.2 Å². The van der Waals surface area contributed by atoms with E-state index in [0.29, 0.717) is 35.3 Å². The maximum atomic E-state index is 12.1. The summed E-state index contributed by atoms with van der Waals surface area (Å²) in [6.45, 7) is 2.39. The van der Waals surface area contributed by atoms with E-state index in [9.17, 15) is 14.4 Å². The monoisotopic (exact) mass is 431 g/mol. The highest BCUT2D eigenvalue weighted by Gasteiger charge is 2.17. The molecule has 1 amide bonds. The van der Waals surface area contributed by atoms with Gasteiger partial charge in [0.2, 0.25) is 0 Å². The molecule has 7 nitrogen and oxygen atoms in total. The molecule has 0 bridgehead atoms. The van der Waals surface area contributed by atoms with E-state index in [0.717, 1.165) is 5.56 Å². The minimum atomic E-state index is -0.612. The van der Waals surface area contributed by atoms with Crippen molar-refractivity contribution in [1.82, 2.24) is 5.32 Å². The van der Waals surface area contributed by atoms with Gasteiger partial charge in [0.15, 0.2) is 23.9 Å². The summed E-state index contributed by atoms with van der Waals surface area (Å²) >= 11 is 5.79. The molecule has 158 valence electrons. The Labute approximate surface area is 179 Å². The van der Waals surface area contributed by atoms with Crippen LogP contribution in [0, 0.1) is 0 Å². The minimum absolute atomic E-state index is 0.00428. The summed E-state index contributed by atoms with van der Waals surface area (Å²) in [5, 5.41) is 3.29. The first-order valence-electron chi connectivity index (χ1n) is 9.55. The lowest BCUT2D eigenvalue weighted by molar-refractivity contribution is -0.148. The number of Topliss-reactive ketones (excluding diaryl/α,β-unsaturated/α-hetero) is 1. The van der Waals surface area contributed by atoms with E-state index >= 15 is 0 Å². The first-order chi connectivity index (χ1) is 14.4. The zero-order valence-corrected chi connectivity index (χ0v) is 17.2. The van der Waals surface area contributed by atoms with Gasteiger partial charge in [0.05, 0.1) is 12.5 Å². The number of ether oxygens (including phenoxy) is 3. The molecule has 30 heavy (non-hydrogen) atoms. The Morgan fingerprint density at radius 3 is 2.47 bits per heavy atom. The van der Waals surface area contributed by atoms with Gasteiger partial charge in [-0.1, -0.05) is 17.7 Å². The third-order valence-electron chi connectivity index (χ3n) is 4.53. The minimum Gasteiger partial charge on any atom is -0.486 e. The zero-order valence-electron chi connectivity index (χ0n) is 16.5. The number of carbonyl (C=O) groups excluding carboxylic acids is 3. The van der Waals surface area contributed by atoms with Crippen molar-refractivity contribution in [3.05, 3.63) is 58.6 Å². The molecule has 1 unspecified atom stereocenters. The topological polar surface area (TPSA) is 90.9 Å². The normalized spacial score (nSPS) is 13.3. The van der Waals surface area contributed by atoms with Crippen LogP contribution in [0.2, 0.25) is 5.02 Å². The van der Waals surface area contributed by atoms with Crippen LogP contribution < -0.4 is 14.8 Å². The van der Waals surface area contributed by atoms with Gasteiger partial charge < -0.3 is 19.5 Å². The van der Waals surface area contributed by atoms with Crippen LogP contribution in [0.4, 0.5) is 0 Å². The average molecular weight is 432 g/mol. The van der Waals surface area contributed by atoms with Crippen LogP contribution in [-0.2, 0) is 14.3 Å². The number of rotatable bonds is 8. The lowest BCUT2D eigenvalue weighted by atomic mass is 10.1. The lowest BCUT2D eigenvalue weighted by Crippen LogP contribution is -2.31. The molecule has 0 aromatic heterocycles. The summed E-state index contributed by atoms with van der Waals surface area (Å²) in [4.78, 5) is 36.0. The second kappa shape index (κ2) is 10.1. The van der Waals surface area contributed by atoms with E-state index in [-0.39, 0.29) is 24.7 Å². The van der Waals surface area contributed by atoms with Gasteiger partial charge >= 0.3 is 5.97 Å². The molecular formula is C22H22ClNO6. The van der Waals surface area contributed by atoms with Crippen LogP contribution in [0.5, 0.6) is 11.5 Å². The van der Waals surface area contributed by atoms with Gasteiger partial charge in [-0.05, 0) is 48.9 Å². The van der Waals surface area contributed by atoms with Crippen molar-refractivity contribution in [3.63, 3.8) is 0 Å². The average Bonchev–Trinajstić information content (AvgIpc) is 2.76. The maximum absolute atomic E-state index is 12.1. The third-order valence-corrected chi connectivity index (χ3v) is 4.78. The second-order valence-corrected chi connectivity index (χ2v) is 7.22. The van der Waals surface area contributed by atoms with Gasteiger partial charge in [-0.15, -0.1) is 0 Å². The first kappa shape index (κ1) is 21.6. The number of hydrogen-bond donors (Lipinski definition) is 1. The van der Waals surface area contributed by atoms with Crippen LogP contribution in [-0.4, -0.2) is 37.5 Å². The number of hydrogen-bond acceptors (Lipinski definition) is 6. The van der Waals surface area contributed by atoms with Gasteiger partial charge in [-0.3, -0.25) is 14.4 Å². The Hall–Kier alpha value is -3.06. The van der Waals surface area contributed by atoms with Crippen molar-refractivity contribution in [2.24, 2.45) is 0 Å². The summed E-state index contributed by atoms with van der Waals surface area (Å²) in [7, 11) is 0. The number of nitrogens with one attached hydrogen (secondary N) is 1. The molecule has 2 aromatic rings. The fourth-order valence-electron chi connectivity index (χ4n) is 2.91. The van der Waals surface area contributed by atoms with E-state index in [1.54, 1.807) is 30.3 Å². The summed E-state index contributed by atoms with van der Waals surface area (Å²) in [6.07, 6.45) is -0.109. The number of esters is 1. The number of amides is 1. The Balaban J connectivity index is 1.41. The first-order valence-corrected chi connectivity index (χ1v) is 9.93. The Kier molecular flexibility index (Phi) is 7.30. The predicted octanol–water partition coefficient (Wildman–Crippen LogP) is 3.49. The van der Waals surface area contributed by atoms with E-state index in [1.165, 1.54) is 0 Å². The maximum Gasteiger partial charge on any atom is 0.306 e. The number of ketones is 1. The van der Waals surface area contributed by atoms with Crippen molar-refractivity contribution in [3.8, 4) is 11.5 Å². The molecule has 0 saturated carbocycles. The molecule has 0 spiro atoms. The Bertz CT molecular complexity index is 928. The van der Waals surface area contributed by atoms with E-state index < -0.39 is 18.5 Å². The number of halogens is 1. The van der Waals surface area contributed by atoms with E-state index in [4.69, 9.17) is 25.8 Å². The Morgan fingerprint density at radius 2 is 1.73 bits per heavy atom. The smallest absolute Gasteiger partial charge is 0.306 e. The molecule has 0 aliphatic carbocycles. The highest BCUT2D eigenvalue weighted by molar-refractivity contribution is 6.30. The highest BCUT2D eigenvalue weighted by atomic mass is 35.5. The predicted molar refractivity (Wildman–Crippen MR) is 110 cm³/mol. The number of benzene rings is 2. The number of fused-ring (bicyclic) bond motifs is 1. The summed E-state index contributed by atoms with van der Waals surface area (Å²) in [5.41, 5.74) is 1.31. The van der Waals surface area contributed by atoms with Crippen molar-refractivity contribution in [2.75, 3.05) is 19.8 Å². The lowest BCUT2D eigenvalue weighted by Gasteiger charge is -2.21. The standard InChI is InChI=1S/C22H22ClNO6/c1-14(16-4-8-19-20(12-16)29-11-10-28-19)24-21(26)13-30-22(27)9-7-18(25)15-2-5-17(23)6-3-15/h2-6,8,12,14H,7,9-11,13H2,1H3,(H,24,26). The molecule has 0 radical (unpaired) electrons. The molecular weight excluding hydrogens is 410 g/mol. The van der Waals surface area contributed by atoms with Gasteiger partial charge in [-0.2, -0.15) is 0 Å². The summed E-state index contributed by atoms with van der Waals surface area (Å²) < 4.78 is 16.0. The van der Waals surface area contributed by atoms with E-state index in [2.05, 4.69) is 5.32 Å². The Morgan fingerprint density at radius 1 is 1.03 bits per heavy atom. The van der Waals surface area contributed by atoms with Crippen LogP contribution >= 0.6 is 11.6 Å². The molecule has 1 aliphatic rings. The van der Waals surface area contributed by atoms with Gasteiger partial charge in [0.25, 0.3) is 5.91 Å². The van der Waals surface area contributed by atoms with Crippen LogP contribution in [0.3, 0.4) is 0 Å². The molecule has 8 heteroatoms. The van der Waals surface area contributed by atoms with Gasteiger partial charge in [0, 0.05) is 17.0 Å². The van der Waals surface area contributed by atoms with E-state index in [1.807, 2.05) is 19.1 Å². The summed E-state index contributed by atoms with van der Waals surface area (Å²) in [5.74, 6) is 0.0664. The summed E-state index contributed by atoms with van der Waals surface area (Å²) in [6, 6.07) is 11.6. The fourth-order valence-corrected chi connectivity index (χ4v) is 3.04. The zero-order chi connectivity index (χ0) is 21.5. The molecule has 1 atom stereocenters. The fraction of sp³-hybridized carbons (Fsp3) is 0.318. The number of carbonyl (C=O) groups is 3. The van der Waals surface area contributed by atoms with Crippen molar-refractivity contribution in [1.29, 1.82) is 0 Å². The van der Waals surface area contributed by atoms with Crippen LogP contribution in [0.25, 0.3) is 0 Å². The third kappa shape index (κ3) is 5.97. The largest absolute Gasteiger partial charge is 0.486 e. The van der Waals surface area contributed by atoms with Crippen molar-refractivity contribution in [2.45, 2.75) is 25.8 Å². The molecule has 1 N–H and O–H groups in total. The van der Waals surface area contributed by atoms with Gasteiger partial charge in [-0.25, -0.2) is 0 Å².